The Hall–Kier alpha value is -0.940. The van der Waals surface area contributed by atoms with Gasteiger partial charge in [0.25, 0.3) is 0 Å². The zero-order valence-corrected chi connectivity index (χ0v) is 9.25. The van der Waals surface area contributed by atoms with Gasteiger partial charge in [0.05, 0.1) is 10.2 Å². The van der Waals surface area contributed by atoms with Crippen LogP contribution in [0.3, 0.4) is 0 Å². The van der Waals surface area contributed by atoms with Crippen molar-refractivity contribution in [1.82, 2.24) is 4.98 Å². The number of carbonyl (C=O) groups excluding carboxylic acids is 1. The van der Waals surface area contributed by atoms with E-state index in [0.29, 0.717) is 19.4 Å². The largest absolute Gasteiger partial charge is 0.330 e. The minimum atomic E-state index is -0.0256. The summed E-state index contributed by atoms with van der Waals surface area (Å²) in [7, 11) is 0. The first-order chi connectivity index (χ1) is 6.74. The highest BCUT2D eigenvalue weighted by Crippen LogP contribution is 2.19. The van der Waals surface area contributed by atoms with Gasteiger partial charge in [0.2, 0.25) is 5.91 Å². The van der Waals surface area contributed by atoms with Crippen molar-refractivity contribution in [3.8, 4) is 0 Å². The molecule has 76 valence electrons. The zero-order valence-electron chi connectivity index (χ0n) is 7.66. The van der Waals surface area contributed by atoms with E-state index < -0.39 is 0 Å². The second-order valence-electron chi connectivity index (χ2n) is 2.80. The highest BCUT2D eigenvalue weighted by atomic mass is 79.9. The summed E-state index contributed by atoms with van der Waals surface area (Å²) in [5.41, 5.74) is 6.04. The first-order valence-corrected chi connectivity index (χ1v) is 5.12. The molecule has 0 saturated carbocycles. The third-order valence-electron chi connectivity index (χ3n) is 1.65. The molecule has 1 amide bonds. The molecule has 0 bridgehead atoms. The van der Waals surface area contributed by atoms with Crippen LogP contribution in [0.5, 0.6) is 0 Å². The van der Waals surface area contributed by atoms with E-state index in [1.807, 2.05) is 0 Å². The van der Waals surface area contributed by atoms with Crippen molar-refractivity contribution >= 4 is 27.5 Å². The van der Waals surface area contributed by atoms with Crippen molar-refractivity contribution in [3.63, 3.8) is 0 Å². The fourth-order valence-electron chi connectivity index (χ4n) is 0.952. The van der Waals surface area contributed by atoms with Gasteiger partial charge in [-0.25, -0.2) is 0 Å². The average Bonchev–Trinajstić information content (AvgIpc) is 2.18. The van der Waals surface area contributed by atoms with Gasteiger partial charge in [0, 0.05) is 18.8 Å². The Morgan fingerprint density at radius 2 is 2.43 bits per heavy atom. The molecule has 0 aliphatic rings. The Balaban J connectivity index is 2.52. The summed E-state index contributed by atoms with van der Waals surface area (Å²) in [5.74, 6) is -0.0256. The lowest BCUT2D eigenvalue weighted by Crippen LogP contribution is -2.13. The standard InChI is InChI=1S/C9H12BrN3O/c10-7-6-12-5-3-8(7)13-9(14)2-1-4-11/h3,5-6H,1-2,4,11H2,(H,12,13,14). The second-order valence-corrected chi connectivity index (χ2v) is 3.65. The van der Waals surface area contributed by atoms with Gasteiger partial charge >= 0.3 is 0 Å². The maximum Gasteiger partial charge on any atom is 0.224 e. The summed E-state index contributed by atoms with van der Waals surface area (Å²) in [6.45, 7) is 0.533. The third kappa shape index (κ3) is 3.43. The molecule has 14 heavy (non-hydrogen) atoms. The predicted octanol–water partition coefficient (Wildman–Crippen LogP) is 1.52. The Kier molecular flexibility index (Phi) is 4.55. The third-order valence-corrected chi connectivity index (χ3v) is 2.29. The van der Waals surface area contributed by atoms with Crippen molar-refractivity contribution in [3.05, 3.63) is 22.9 Å². The molecule has 0 aliphatic heterocycles. The Labute approximate surface area is 91.0 Å². The lowest BCUT2D eigenvalue weighted by Gasteiger charge is -2.05. The fraction of sp³-hybridized carbons (Fsp3) is 0.333. The van der Waals surface area contributed by atoms with Gasteiger partial charge in [-0.15, -0.1) is 0 Å². The second kappa shape index (κ2) is 5.72. The summed E-state index contributed by atoms with van der Waals surface area (Å²) in [5, 5.41) is 2.76. The van der Waals surface area contributed by atoms with Crippen molar-refractivity contribution in [1.29, 1.82) is 0 Å². The summed E-state index contributed by atoms with van der Waals surface area (Å²) < 4.78 is 0.779. The number of nitrogens with two attached hydrogens (primary N) is 1. The molecule has 1 heterocycles. The normalized spacial score (nSPS) is 9.86. The van der Waals surface area contributed by atoms with Gasteiger partial charge in [0.1, 0.15) is 0 Å². The SMILES string of the molecule is NCCCC(=O)Nc1ccncc1Br. The summed E-state index contributed by atoms with van der Waals surface area (Å²) in [4.78, 5) is 15.2. The van der Waals surface area contributed by atoms with E-state index in [-0.39, 0.29) is 5.91 Å². The smallest absolute Gasteiger partial charge is 0.224 e. The molecule has 0 unspecified atom stereocenters. The van der Waals surface area contributed by atoms with Crippen LogP contribution in [0.2, 0.25) is 0 Å². The molecule has 3 N–H and O–H groups in total. The van der Waals surface area contributed by atoms with Crippen LogP contribution < -0.4 is 11.1 Å². The maximum absolute atomic E-state index is 11.3. The Morgan fingerprint density at radius 1 is 1.64 bits per heavy atom. The van der Waals surface area contributed by atoms with Crippen LogP contribution >= 0.6 is 15.9 Å². The summed E-state index contributed by atoms with van der Waals surface area (Å²) >= 11 is 3.29. The number of rotatable bonds is 4. The number of nitrogens with one attached hydrogen (secondary N) is 1. The van der Waals surface area contributed by atoms with Gasteiger partial charge < -0.3 is 11.1 Å². The molecule has 1 aromatic heterocycles. The number of aromatic nitrogens is 1. The quantitative estimate of drug-likeness (QED) is 0.860. The van der Waals surface area contributed by atoms with Crippen molar-refractivity contribution in [2.75, 3.05) is 11.9 Å². The molecule has 0 atom stereocenters. The molecular weight excluding hydrogens is 246 g/mol. The lowest BCUT2D eigenvalue weighted by molar-refractivity contribution is -0.116. The highest BCUT2D eigenvalue weighted by molar-refractivity contribution is 9.10. The number of hydrogen-bond donors (Lipinski definition) is 2. The van der Waals surface area contributed by atoms with Gasteiger partial charge in [-0.05, 0) is 35.0 Å². The van der Waals surface area contributed by atoms with Gasteiger partial charge in [0.15, 0.2) is 0 Å². The number of anilines is 1. The molecule has 0 fully saturated rings. The van der Waals surface area contributed by atoms with Crippen LogP contribution in [0.1, 0.15) is 12.8 Å². The molecule has 0 saturated heterocycles. The lowest BCUT2D eigenvalue weighted by atomic mass is 10.3. The molecule has 0 radical (unpaired) electrons. The molecule has 0 aromatic carbocycles. The Bertz CT molecular complexity index is 317. The summed E-state index contributed by atoms with van der Waals surface area (Å²) in [6, 6.07) is 1.74. The first-order valence-electron chi connectivity index (χ1n) is 4.33. The predicted molar refractivity (Wildman–Crippen MR) is 58.9 cm³/mol. The van der Waals surface area contributed by atoms with Crippen molar-refractivity contribution in [2.45, 2.75) is 12.8 Å². The van der Waals surface area contributed by atoms with Crippen LogP contribution in [-0.2, 0) is 4.79 Å². The fourth-order valence-corrected chi connectivity index (χ4v) is 1.30. The molecule has 5 heteroatoms. The summed E-state index contributed by atoms with van der Waals surface area (Å²) in [6.07, 6.45) is 4.42. The number of nitrogens with zero attached hydrogens (tertiary/aromatic N) is 1. The topological polar surface area (TPSA) is 68.0 Å². The van der Waals surface area contributed by atoms with Crippen LogP contribution in [0.15, 0.2) is 22.9 Å². The average molecular weight is 258 g/mol. The number of halogens is 1. The van der Waals surface area contributed by atoms with E-state index in [0.717, 1.165) is 10.2 Å². The van der Waals surface area contributed by atoms with E-state index >= 15 is 0 Å². The minimum absolute atomic E-state index is 0.0256. The van der Waals surface area contributed by atoms with E-state index in [4.69, 9.17) is 5.73 Å². The molecule has 1 rings (SSSR count). The van der Waals surface area contributed by atoms with E-state index in [1.54, 1.807) is 18.5 Å². The number of amides is 1. The van der Waals surface area contributed by atoms with Crippen molar-refractivity contribution in [2.24, 2.45) is 5.73 Å². The molecule has 1 aromatic rings. The molecule has 0 spiro atoms. The minimum Gasteiger partial charge on any atom is -0.330 e. The molecular formula is C9H12BrN3O. The number of carbonyl (C=O) groups is 1. The monoisotopic (exact) mass is 257 g/mol. The van der Waals surface area contributed by atoms with Gasteiger partial charge in [-0.3, -0.25) is 9.78 Å². The van der Waals surface area contributed by atoms with Crippen LogP contribution in [0, 0.1) is 0 Å². The van der Waals surface area contributed by atoms with E-state index in [1.165, 1.54) is 0 Å². The Morgan fingerprint density at radius 3 is 3.07 bits per heavy atom. The van der Waals surface area contributed by atoms with Crippen LogP contribution in [0.25, 0.3) is 0 Å². The van der Waals surface area contributed by atoms with Crippen molar-refractivity contribution < 1.29 is 4.79 Å². The van der Waals surface area contributed by atoms with E-state index in [9.17, 15) is 4.79 Å². The van der Waals surface area contributed by atoms with Gasteiger partial charge in [-0.2, -0.15) is 0 Å². The van der Waals surface area contributed by atoms with Crippen LogP contribution in [0.4, 0.5) is 5.69 Å². The first kappa shape index (κ1) is 11.1. The molecule has 0 aliphatic carbocycles. The number of pyridine rings is 1. The van der Waals surface area contributed by atoms with Gasteiger partial charge in [-0.1, -0.05) is 0 Å². The molecule has 4 nitrogen and oxygen atoms in total. The zero-order chi connectivity index (χ0) is 10.4. The highest BCUT2D eigenvalue weighted by Gasteiger charge is 2.03. The van der Waals surface area contributed by atoms with Crippen LogP contribution in [-0.4, -0.2) is 17.4 Å². The maximum atomic E-state index is 11.3. The van der Waals surface area contributed by atoms with E-state index in [2.05, 4.69) is 26.2 Å². The number of hydrogen-bond acceptors (Lipinski definition) is 3.